The Morgan fingerprint density at radius 1 is 1.15 bits per heavy atom. The number of benzene rings is 2. The van der Waals surface area contributed by atoms with Crippen LogP contribution in [-0.4, -0.2) is 59.9 Å². The molecule has 0 saturated carbocycles. The highest BCUT2D eigenvalue weighted by Crippen LogP contribution is 2.29. The molecule has 0 aliphatic carbocycles. The van der Waals surface area contributed by atoms with Gasteiger partial charge >= 0.3 is 0 Å². The van der Waals surface area contributed by atoms with Crippen molar-refractivity contribution in [1.82, 2.24) is 14.1 Å². The van der Waals surface area contributed by atoms with E-state index in [1.807, 2.05) is 44.2 Å². The number of nitrogens with one attached hydrogen (secondary N) is 1. The normalized spacial score (nSPS) is 15.0. The summed E-state index contributed by atoms with van der Waals surface area (Å²) in [7, 11) is -3.86. The molecule has 12 heteroatoms. The standard InChI is InChI=1S/C22H24N6O5S/c1-16-20(17(2)27(25-16)18-6-4-3-5-7-18)15-23-24-21-9-8-19(14-22(21)28(29)30)34(31,32)26-10-12-33-13-11-26/h3-9,14-15,24H,10-13H2,1-2H3. The first kappa shape index (κ1) is 23.5. The Balaban J connectivity index is 1.58. The molecule has 1 aliphatic heterocycles. The Hall–Kier alpha value is -3.61. The fourth-order valence-corrected chi connectivity index (χ4v) is 5.11. The van der Waals surface area contributed by atoms with Crippen LogP contribution in [0.5, 0.6) is 0 Å². The molecule has 1 saturated heterocycles. The van der Waals surface area contributed by atoms with Gasteiger partial charge < -0.3 is 4.74 Å². The average molecular weight is 485 g/mol. The number of nitro groups is 1. The quantitative estimate of drug-likeness (QED) is 0.310. The summed E-state index contributed by atoms with van der Waals surface area (Å²) in [5.74, 6) is 0. The Bertz CT molecular complexity index is 1330. The van der Waals surface area contributed by atoms with E-state index >= 15 is 0 Å². The highest BCUT2D eigenvalue weighted by molar-refractivity contribution is 7.89. The number of rotatable bonds is 7. The van der Waals surface area contributed by atoms with E-state index in [0.29, 0.717) is 0 Å². The van der Waals surface area contributed by atoms with Crippen LogP contribution in [0.25, 0.3) is 5.69 Å². The molecular weight excluding hydrogens is 460 g/mol. The van der Waals surface area contributed by atoms with Crippen LogP contribution in [0.2, 0.25) is 0 Å². The van der Waals surface area contributed by atoms with Crippen LogP contribution in [0.15, 0.2) is 58.5 Å². The maximum absolute atomic E-state index is 12.9. The Morgan fingerprint density at radius 3 is 2.53 bits per heavy atom. The van der Waals surface area contributed by atoms with Gasteiger partial charge in [0.25, 0.3) is 5.69 Å². The highest BCUT2D eigenvalue weighted by atomic mass is 32.2. The third kappa shape index (κ3) is 4.69. The van der Waals surface area contributed by atoms with Gasteiger partial charge in [-0.05, 0) is 38.1 Å². The van der Waals surface area contributed by atoms with E-state index < -0.39 is 14.9 Å². The summed E-state index contributed by atoms with van der Waals surface area (Å²) in [4.78, 5) is 10.9. The monoisotopic (exact) mass is 484 g/mol. The molecular formula is C22H24N6O5S. The highest BCUT2D eigenvalue weighted by Gasteiger charge is 2.28. The van der Waals surface area contributed by atoms with Crippen LogP contribution < -0.4 is 5.43 Å². The summed E-state index contributed by atoms with van der Waals surface area (Å²) >= 11 is 0. The van der Waals surface area contributed by atoms with Crippen molar-refractivity contribution in [2.24, 2.45) is 5.10 Å². The number of hydrogen-bond acceptors (Lipinski definition) is 8. The lowest BCUT2D eigenvalue weighted by molar-refractivity contribution is -0.384. The summed E-state index contributed by atoms with van der Waals surface area (Å²) < 4.78 is 34.0. The molecule has 1 N–H and O–H groups in total. The Morgan fingerprint density at radius 2 is 1.85 bits per heavy atom. The Labute approximate surface area is 196 Å². The van der Waals surface area contributed by atoms with E-state index in [9.17, 15) is 18.5 Å². The molecule has 11 nitrogen and oxygen atoms in total. The van der Waals surface area contributed by atoms with Crippen LogP contribution in [0.1, 0.15) is 17.0 Å². The zero-order valence-electron chi connectivity index (χ0n) is 18.7. The first-order chi connectivity index (χ1) is 16.3. The second-order valence-corrected chi connectivity index (χ2v) is 9.59. The molecule has 4 rings (SSSR count). The summed E-state index contributed by atoms with van der Waals surface area (Å²) in [6.45, 7) is 4.74. The van der Waals surface area contributed by atoms with Gasteiger partial charge in [-0.15, -0.1) is 0 Å². The first-order valence-corrected chi connectivity index (χ1v) is 12.0. The number of para-hydroxylation sites is 1. The van der Waals surface area contributed by atoms with Crippen molar-refractivity contribution in [3.05, 3.63) is 75.6 Å². The number of sulfonamides is 1. The van der Waals surface area contributed by atoms with E-state index in [2.05, 4.69) is 15.6 Å². The van der Waals surface area contributed by atoms with Gasteiger partial charge in [-0.2, -0.15) is 14.5 Å². The number of hydrogen-bond donors (Lipinski definition) is 1. The molecule has 34 heavy (non-hydrogen) atoms. The molecule has 0 bridgehead atoms. The largest absolute Gasteiger partial charge is 0.379 e. The minimum atomic E-state index is -3.86. The summed E-state index contributed by atoms with van der Waals surface area (Å²) in [5.41, 5.74) is 5.63. The first-order valence-electron chi connectivity index (χ1n) is 10.6. The zero-order valence-corrected chi connectivity index (χ0v) is 19.5. The number of ether oxygens (including phenoxy) is 1. The van der Waals surface area contributed by atoms with Crippen molar-refractivity contribution in [3.63, 3.8) is 0 Å². The van der Waals surface area contributed by atoms with Crippen molar-refractivity contribution < 1.29 is 18.1 Å². The maximum Gasteiger partial charge on any atom is 0.295 e. The number of hydrazone groups is 1. The van der Waals surface area contributed by atoms with Gasteiger partial charge in [0.05, 0.1) is 46.3 Å². The third-order valence-electron chi connectivity index (χ3n) is 5.50. The van der Waals surface area contributed by atoms with Gasteiger partial charge in [-0.3, -0.25) is 15.5 Å². The molecule has 1 aromatic heterocycles. The minimum absolute atomic E-state index is 0.0768. The second kappa shape index (κ2) is 9.71. The lowest BCUT2D eigenvalue weighted by atomic mass is 10.2. The number of aryl methyl sites for hydroxylation is 1. The predicted octanol–water partition coefficient (Wildman–Crippen LogP) is 2.86. The lowest BCUT2D eigenvalue weighted by Gasteiger charge is -2.26. The van der Waals surface area contributed by atoms with Crippen LogP contribution in [0.4, 0.5) is 11.4 Å². The van der Waals surface area contributed by atoms with Crippen molar-refractivity contribution in [2.75, 3.05) is 31.7 Å². The number of anilines is 1. The third-order valence-corrected chi connectivity index (χ3v) is 7.40. The topological polar surface area (TPSA) is 132 Å². The van der Waals surface area contributed by atoms with E-state index in [1.54, 1.807) is 10.9 Å². The smallest absolute Gasteiger partial charge is 0.295 e. The van der Waals surface area contributed by atoms with Gasteiger partial charge in [0.15, 0.2) is 0 Å². The van der Waals surface area contributed by atoms with E-state index in [-0.39, 0.29) is 42.6 Å². The average Bonchev–Trinajstić information content (AvgIpc) is 3.13. The maximum atomic E-state index is 12.9. The Kier molecular flexibility index (Phi) is 6.72. The van der Waals surface area contributed by atoms with E-state index in [1.165, 1.54) is 16.4 Å². The fraction of sp³-hybridized carbons (Fsp3) is 0.273. The number of nitrogens with zero attached hydrogens (tertiary/aromatic N) is 5. The molecule has 178 valence electrons. The second-order valence-electron chi connectivity index (χ2n) is 7.65. The van der Waals surface area contributed by atoms with Gasteiger partial charge in [0.2, 0.25) is 10.0 Å². The summed E-state index contributed by atoms with van der Waals surface area (Å²) in [5, 5.41) is 20.4. The molecule has 1 fully saturated rings. The summed E-state index contributed by atoms with van der Waals surface area (Å²) in [6, 6.07) is 13.4. The molecule has 0 amide bonds. The molecule has 0 radical (unpaired) electrons. The van der Waals surface area contributed by atoms with Crippen LogP contribution >= 0.6 is 0 Å². The minimum Gasteiger partial charge on any atom is -0.379 e. The van der Waals surface area contributed by atoms with Crippen molar-refractivity contribution in [3.8, 4) is 5.69 Å². The van der Waals surface area contributed by atoms with Gasteiger partial charge in [-0.25, -0.2) is 13.1 Å². The molecule has 3 aromatic rings. The van der Waals surface area contributed by atoms with Gasteiger partial charge in [0.1, 0.15) is 5.69 Å². The summed E-state index contributed by atoms with van der Waals surface area (Å²) in [6.07, 6.45) is 1.54. The van der Waals surface area contributed by atoms with Crippen LogP contribution in [0, 0.1) is 24.0 Å². The van der Waals surface area contributed by atoms with Gasteiger partial charge in [-0.1, -0.05) is 18.2 Å². The van der Waals surface area contributed by atoms with Crippen molar-refractivity contribution in [2.45, 2.75) is 18.7 Å². The SMILES string of the molecule is Cc1nn(-c2ccccc2)c(C)c1C=NNc1ccc(S(=O)(=O)N2CCOCC2)cc1[N+](=O)[O-]. The van der Waals surface area contributed by atoms with Crippen LogP contribution in [-0.2, 0) is 14.8 Å². The molecule has 0 unspecified atom stereocenters. The molecule has 2 aromatic carbocycles. The van der Waals surface area contributed by atoms with Gasteiger partial charge in [0, 0.05) is 24.7 Å². The zero-order chi connectivity index (χ0) is 24.3. The number of morpholine rings is 1. The molecule has 0 spiro atoms. The molecule has 0 atom stereocenters. The van der Waals surface area contributed by atoms with Crippen LogP contribution in [0.3, 0.4) is 0 Å². The number of nitro benzene ring substituents is 1. The molecule has 1 aliphatic rings. The lowest BCUT2D eigenvalue weighted by Crippen LogP contribution is -2.40. The molecule has 2 heterocycles. The van der Waals surface area contributed by atoms with E-state index in [4.69, 9.17) is 4.74 Å². The van der Waals surface area contributed by atoms with Crippen molar-refractivity contribution in [1.29, 1.82) is 0 Å². The fourth-order valence-electron chi connectivity index (χ4n) is 3.68. The van der Waals surface area contributed by atoms with E-state index in [0.717, 1.165) is 28.7 Å². The van der Waals surface area contributed by atoms with Crippen molar-refractivity contribution >= 4 is 27.6 Å². The number of aromatic nitrogens is 2. The predicted molar refractivity (Wildman–Crippen MR) is 127 cm³/mol.